The van der Waals surface area contributed by atoms with Crippen molar-refractivity contribution in [2.75, 3.05) is 18.8 Å². The highest BCUT2D eigenvalue weighted by Crippen LogP contribution is 2.21. The van der Waals surface area contributed by atoms with Gasteiger partial charge in [-0.3, -0.25) is 9.59 Å². The Morgan fingerprint density at radius 2 is 1.78 bits per heavy atom. The minimum Gasteiger partial charge on any atom is -0.349 e. The fraction of sp³-hybridized carbons (Fsp3) is 0.333. The first-order valence-electron chi connectivity index (χ1n) is 9.05. The van der Waals surface area contributed by atoms with E-state index < -0.39 is 0 Å². The van der Waals surface area contributed by atoms with Crippen LogP contribution in [0.3, 0.4) is 0 Å². The van der Waals surface area contributed by atoms with Gasteiger partial charge in [0.1, 0.15) is 0 Å². The lowest BCUT2D eigenvalue weighted by molar-refractivity contribution is -0.129. The SMILES string of the molecule is Cc1ccccc1C(=O)NC1CCN(C(=O)CSc2ccc(Cl)cc2)CC1. The molecule has 4 nitrogen and oxygen atoms in total. The molecule has 2 amide bonds. The Kier molecular flexibility index (Phi) is 6.80. The van der Waals surface area contributed by atoms with E-state index in [9.17, 15) is 9.59 Å². The summed E-state index contributed by atoms with van der Waals surface area (Å²) in [4.78, 5) is 27.8. The molecular formula is C21H23ClN2O2S. The van der Waals surface area contributed by atoms with Gasteiger partial charge in [0.15, 0.2) is 0 Å². The standard InChI is InChI=1S/C21H23ClN2O2S/c1-15-4-2-3-5-19(15)21(26)23-17-10-12-24(13-11-17)20(25)14-27-18-8-6-16(22)7-9-18/h2-9,17H,10-14H2,1H3,(H,23,26). The number of rotatable bonds is 5. The number of benzene rings is 2. The van der Waals surface area contributed by atoms with Gasteiger partial charge >= 0.3 is 0 Å². The maximum absolute atomic E-state index is 12.4. The summed E-state index contributed by atoms with van der Waals surface area (Å²) in [6.07, 6.45) is 1.57. The molecule has 0 atom stereocenters. The van der Waals surface area contributed by atoms with Crippen molar-refractivity contribution >= 4 is 35.2 Å². The van der Waals surface area contributed by atoms with Gasteiger partial charge in [-0.1, -0.05) is 29.8 Å². The molecule has 2 aromatic carbocycles. The van der Waals surface area contributed by atoms with E-state index in [0.717, 1.165) is 28.9 Å². The molecule has 0 bridgehead atoms. The molecule has 6 heteroatoms. The number of nitrogens with one attached hydrogen (secondary N) is 1. The largest absolute Gasteiger partial charge is 0.349 e. The Balaban J connectivity index is 1.44. The minimum absolute atomic E-state index is 0.0313. The van der Waals surface area contributed by atoms with Crippen LogP contribution in [0.2, 0.25) is 5.02 Å². The third-order valence-electron chi connectivity index (χ3n) is 4.75. The molecule has 0 unspecified atom stereocenters. The van der Waals surface area contributed by atoms with Crippen molar-refractivity contribution in [3.8, 4) is 0 Å². The van der Waals surface area contributed by atoms with Gasteiger partial charge in [0, 0.05) is 34.6 Å². The van der Waals surface area contributed by atoms with Crippen LogP contribution < -0.4 is 5.32 Å². The average molecular weight is 403 g/mol. The first-order chi connectivity index (χ1) is 13.0. The lowest BCUT2D eigenvalue weighted by Crippen LogP contribution is -2.47. The van der Waals surface area contributed by atoms with Gasteiger partial charge in [-0.15, -0.1) is 11.8 Å². The second-order valence-electron chi connectivity index (χ2n) is 6.69. The Bertz CT molecular complexity index is 802. The number of hydrogen-bond acceptors (Lipinski definition) is 3. The molecule has 3 rings (SSSR count). The summed E-state index contributed by atoms with van der Waals surface area (Å²) in [5.74, 6) is 0.525. The fourth-order valence-electron chi connectivity index (χ4n) is 3.13. The van der Waals surface area contributed by atoms with Gasteiger partial charge in [0.25, 0.3) is 5.91 Å². The molecule has 1 aliphatic rings. The zero-order valence-electron chi connectivity index (χ0n) is 15.3. The average Bonchev–Trinajstić information content (AvgIpc) is 2.68. The number of thioether (sulfide) groups is 1. The highest BCUT2D eigenvalue weighted by Gasteiger charge is 2.24. The van der Waals surface area contributed by atoms with E-state index in [2.05, 4.69) is 5.32 Å². The summed E-state index contributed by atoms with van der Waals surface area (Å²) in [5, 5.41) is 3.80. The van der Waals surface area contributed by atoms with Crippen molar-refractivity contribution in [2.24, 2.45) is 0 Å². The lowest BCUT2D eigenvalue weighted by Gasteiger charge is -2.32. The Morgan fingerprint density at radius 1 is 1.11 bits per heavy atom. The molecule has 0 aliphatic carbocycles. The van der Waals surface area contributed by atoms with Crippen LogP contribution >= 0.6 is 23.4 Å². The van der Waals surface area contributed by atoms with Crippen LogP contribution in [-0.2, 0) is 4.79 Å². The van der Waals surface area contributed by atoms with Crippen molar-refractivity contribution in [3.63, 3.8) is 0 Å². The zero-order valence-corrected chi connectivity index (χ0v) is 16.9. The quantitative estimate of drug-likeness (QED) is 0.764. The number of carbonyl (C=O) groups excluding carboxylic acids is 2. The maximum atomic E-state index is 12.4. The molecule has 0 spiro atoms. The number of aryl methyl sites for hydroxylation is 1. The number of piperidine rings is 1. The highest BCUT2D eigenvalue weighted by atomic mass is 35.5. The molecule has 1 heterocycles. The number of halogens is 1. The molecule has 2 aromatic rings. The second-order valence-corrected chi connectivity index (χ2v) is 8.17. The third kappa shape index (κ3) is 5.50. The molecule has 0 saturated carbocycles. The highest BCUT2D eigenvalue weighted by molar-refractivity contribution is 8.00. The summed E-state index contributed by atoms with van der Waals surface area (Å²) in [6.45, 7) is 3.30. The van der Waals surface area contributed by atoms with E-state index in [0.29, 0.717) is 23.9 Å². The number of likely N-dealkylation sites (tertiary alicyclic amines) is 1. The molecule has 0 radical (unpaired) electrons. The van der Waals surface area contributed by atoms with E-state index in [1.165, 1.54) is 11.8 Å². The van der Waals surface area contributed by atoms with Crippen LogP contribution in [0.15, 0.2) is 53.4 Å². The van der Waals surface area contributed by atoms with Crippen LogP contribution in [-0.4, -0.2) is 41.6 Å². The summed E-state index contributed by atoms with van der Waals surface area (Å²) in [5.41, 5.74) is 1.69. The molecule has 27 heavy (non-hydrogen) atoms. The van der Waals surface area contributed by atoms with Gasteiger partial charge < -0.3 is 10.2 Å². The van der Waals surface area contributed by atoms with Crippen LogP contribution in [0.4, 0.5) is 0 Å². The van der Waals surface area contributed by atoms with E-state index >= 15 is 0 Å². The van der Waals surface area contributed by atoms with Crippen LogP contribution in [0.5, 0.6) is 0 Å². The molecule has 1 N–H and O–H groups in total. The van der Waals surface area contributed by atoms with Crippen LogP contribution in [0.1, 0.15) is 28.8 Å². The van der Waals surface area contributed by atoms with E-state index in [1.54, 1.807) is 0 Å². The predicted octanol–water partition coefficient (Wildman–Crippen LogP) is 4.16. The zero-order chi connectivity index (χ0) is 19.2. The van der Waals surface area contributed by atoms with Crippen molar-refractivity contribution in [1.82, 2.24) is 10.2 Å². The Labute approximate surface area is 169 Å². The third-order valence-corrected chi connectivity index (χ3v) is 6.00. The normalized spacial score (nSPS) is 14.8. The molecule has 1 fully saturated rings. The van der Waals surface area contributed by atoms with Crippen molar-refractivity contribution < 1.29 is 9.59 Å². The van der Waals surface area contributed by atoms with Crippen molar-refractivity contribution in [3.05, 3.63) is 64.7 Å². The summed E-state index contributed by atoms with van der Waals surface area (Å²) in [7, 11) is 0. The fourth-order valence-corrected chi connectivity index (χ4v) is 4.06. The number of carbonyl (C=O) groups is 2. The molecule has 0 aromatic heterocycles. The summed E-state index contributed by atoms with van der Waals surface area (Å²) in [6, 6.07) is 15.2. The number of nitrogens with zero attached hydrogens (tertiary/aromatic N) is 1. The van der Waals surface area contributed by atoms with Gasteiger partial charge in [0.05, 0.1) is 5.75 Å². The van der Waals surface area contributed by atoms with E-state index in [1.807, 2.05) is 60.4 Å². The summed E-state index contributed by atoms with van der Waals surface area (Å²) < 4.78 is 0. The Morgan fingerprint density at radius 3 is 2.44 bits per heavy atom. The van der Waals surface area contributed by atoms with Gasteiger partial charge in [-0.2, -0.15) is 0 Å². The summed E-state index contributed by atoms with van der Waals surface area (Å²) >= 11 is 7.40. The first kappa shape index (κ1) is 19.8. The molecule has 1 saturated heterocycles. The van der Waals surface area contributed by atoms with Gasteiger partial charge in [-0.05, 0) is 55.7 Å². The van der Waals surface area contributed by atoms with Crippen LogP contribution in [0, 0.1) is 6.92 Å². The van der Waals surface area contributed by atoms with Gasteiger partial charge in [0.2, 0.25) is 5.91 Å². The van der Waals surface area contributed by atoms with E-state index in [4.69, 9.17) is 11.6 Å². The first-order valence-corrected chi connectivity index (χ1v) is 10.4. The minimum atomic E-state index is -0.0313. The van der Waals surface area contributed by atoms with Crippen LogP contribution in [0.25, 0.3) is 0 Å². The molecular weight excluding hydrogens is 380 g/mol. The second kappa shape index (κ2) is 9.29. The van der Waals surface area contributed by atoms with E-state index in [-0.39, 0.29) is 17.9 Å². The number of hydrogen-bond donors (Lipinski definition) is 1. The lowest BCUT2D eigenvalue weighted by atomic mass is 10.0. The number of amides is 2. The van der Waals surface area contributed by atoms with Crippen molar-refractivity contribution in [2.45, 2.75) is 30.7 Å². The topological polar surface area (TPSA) is 49.4 Å². The molecule has 142 valence electrons. The van der Waals surface area contributed by atoms with Crippen molar-refractivity contribution in [1.29, 1.82) is 0 Å². The monoisotopic (exact) mass is 402 g/mol. The smallest absolute Gasteiger partial charge is 0.251 e. The molecule has 1 aliphatic heterocycles. The Hall–Kier alpha value is -1.98. The maximum Gasteiger partial charge on any atom is 0.251 e. The van der Waals surface area contributed by atoms with Gasteiger partial charge in [-0.25, -0.2) is 0 Å². The predicted molar refractivity (Wildman–Crippen MR) is 110 cm³/mol.